The summed E-state index contributed by atoms with van der Waals surface area (Å²) in [5.41, 5.74) is 8.10. The van der Waals surface area contributed by atoms with E-state index in [9.17, 15) is 0 Å². The van der Waals surface area contributed by atoms with Gasteiger partial charge in [0.15, 0.2) is 0 Å². The molecule has 1 aromatic carbocycles. The molecule has 0 aliphatic heterocycles. The zero-order valence-corrected chi connectivity index (χ0v) is 40.4. The van der Waals surface area contributed by atoms with Crippen LogP contribution in [0.4, 0.5) is 0 Å². The van der Waals surface area contributed by atoms with Crippen molar-refractivity contribution in [1.29, 1.82) is 0 Å². The van der Waals surface area contributed by atoms with Crippen molar-refractivity contribution in [3.63, 3.8) is 0 Å². The van der Waals surface area contributed by atoms with Crippen molar-refractivity contribution in [2.75, 3.05) is 0 Å². The summed E-state index contributed by atoms with van der Waals surface area (Å²) in [5, 5.41) is 0. The molecule has 3 aliphatic carbocycles. The second kappa shape index (κ2) is 23.0. The van der Waals surface area contributed by atoms with Crippen molar-refractivity contribution in [3.05, 3.63) is 53.1 Å². The minimum Gasteiger partial charge on any atom is -0.314 e. The Morgan fingerprint density at radius 3 is 1.39 bits per heavy atom. The molecule has 3 aliphatic rings. The molecule has 1 nitrogen and oxygen atoms in total. The van der Waals surface area contributed by atoms with Gasteiger partial charge in [-0.05, 0) is 100 Å². The van der Waals surface area contributed by atoms with Crippen LogP contribution in [0.1, 0.15) is 246 Å². The first-order chi connectivity index (χ1) is 26.8. The van der Waals surface area contributed by atoms with Crippen molar-refractivity contribution in [3.8, 4) is 0 Å². The number of fused-ring (bicyclic) bond motifs is 4. The minimum absolute atomic E-state index is 0.173. The van der Waals surface area contributed by atoms with Gasteiger partial charge in [-0.15, -0.1) is 0 Å². The van der Waals surface area contributed by atoms with Gasteiger partial charge in [0.2, 0.25) is 0 Å². The van der Waals surface area contributed by atoms with Gasteiger partial charge in [0.05, 0.1) is 0 Å². The van der Waals surface area contributed by atoms with Crippen LogP contribution in [0.2, 0.25) is 18.6 Å². The highest BCUT2D eigenvalue weighted by molar-refractivity contribution is 6.76. The second-order valence-electron chi connectivity index (χ2n) is 21.8. The van der Waals surface area contributed by atoms with Gasteiger partial charge in [0.25, 0.3) is 0 Å². The molecule has 320 valence electrons. The topological polar surface area (TPSA) is 3.24 Å². The van der Waals surface area contributed by atoms with Crippen LogP contribution in [0.3, 0.4) is 0 Å². The smallest absolute Gasteiger partial charge is 0.126 e. The van der Waals surface area contributed by atoms with Gasteiger partial charge < -0.3 is 4.57 Å². The fraction of sp³-hybridized carbons (Fsp3) is 0.815. The number of hydrogen-bond acceptors (Lipinski definition) is 1. The van der Waals surface area contributed by atoms with E-state index in [2.05, 4.69) is 109 Å². The van der Waals surface area contributed by atoms with Crippen LogP contribution >= 0.6 is 0 Å². The van der Waals surface area contributed by atoms with Crippen LogP contribution in [0, 0.1) is 11.8 Å². The largest absolute Gasteiger partial charge is 0.314 e. The molecule has 3 atom stereocenters. The average molecular weight is 786 g/mol. The Hall–Kier alpha value is -1.12. The Bertz CT molecular complexity index is 1280. The first kappa shape index (κ1) is 47.6. The summed E-state index contributed by atoms with van der Waals surface area (Å²) in [5.74, 6) is 1.40. The molecule has 0 saturated heterocycles. The van der Waals surface area contributed by atoms with Gasteiger partial charge in [-0.2, -0.15) is 0 Å². The Morgan fingerprint density at radius 1 is 0.554 bits per heavy atom. The molecule has 0 heterocycles. The molecule has 0 spiro atoms. The predicted octanol–water partition coefficient (Wildman–Crippen LogP) is 17.9. The number of unbranched alkanes of at least 4 members (excludes halogenated alkanes) is 22. The van der Waals surface area contributed by atoms with Gasteiger partial charge in [0, 0.05) is 16.5 Å². The Kier molecular flexibility index (Phi) is 19.6. The van der Waals surface area contributed by atoms with Crippen LogP contribution in [0.15, 0.2) is 42.0 Å². The zero-order chi connectivity index (χ0) is 40.7. The van der Waals surface area contributed by atoms with E-state index in [-0.39, 0.29) is 16.5 Å². The minimum atomic E-state index is -1.79. The zero-order valence-electron chi connectivity index (χ0n) is 39.4. The lowest BCUT2D eigenvalue weighted by atomic mass is 9.68. The van der Waals surface area contributed by atoms with Crippen LogP contribution in [-0.4, -0.2) is 23.9 Å². The molecule has 0 amide bonds. The van der Waals surface area contributed by atoms with E-state index in [4.69, 9.17) is 0 Å². The van der Waals surface area contributed by atoms with Crippen molar-refractivity contribution in [2.45, 2.75) is 270 Å². The molecular formula is C54H95NSi. The summed E-state index contributed by atoms with van der Waals surface area (Å²) >= 11 is 0. The normalized spacial score (nSPS) is 20.6. The van der Waals surface area contributed by atoms with Gasteiger partial charge in [-0.1, -0.05) is 224 Å². The quantitative estimate of drug-likeness (QED) is 0.0604. The summed E-state index contributed by atoms with van der Waals surface area (Å²) in [6.45, 7) is 25.0. The van der Waals surface area contributed by atoms with Crippen molar-refractivity contribution in [2.24, 2.45) is 11.8 Å². The number of hydrogen-bond donors (Lipinski definition) is 0. The van der Waals surface area contributed by atoms with Gasteiger partial charge >= 0.3 is 0 Å². The highest BCUT2D eigenvalue weighted by atomic mass is 28.3. The molecule has 56 heavy (non-hydrogen) atoms. The van der Waals surface area contributed by atoms with Gasteiger partial charge in [-0.25, -0.2) is 0 Å². The highest BCUT2D eigenvalue weighted by Crippen LogP contribution is 2.62. The molecule has 4 rings (SSSR count). The highest BCUT2D eigenvalue weighted by Gasteiger charge is 2.55. The van der Waals surface area contributed by atoms with E-state index in [1.807, 2.05) is 0 Å². The summed E-state index contributed by atoms with van der Waals surface area (Å²) in [7, 11) is -1.79. The summed E-state index contributed by atoms with van der Waals surface area (Å²) in [4.78, 5) is 0. The second-order valence-corrected chi connectivity index (χ2v) is 26.3. The number of rotatable bonds is 28. The fourth-order valence-electron chi connectivity index (χ4n) is 12.9. The van der Waals surface area contributed by atoms with Crippen LogP contribution < -0.4 is 0 Å². The lowest BCUT2D eigenvalue weighted by Gasteiger charge is -2.57. The van der Waals surface area contributed by atoms with E-state index < -0.39 is 8.24 Å². The average Bonchev–Trinajstić information content (AvgIpc) is 3.68. The lowest BCUT2D eigenvalue weighted by molar-refractivity contribution is 0.122. The molecule has 0 N–H and O–H groups in total. The Balaban J connectivity index is 1.46. The van der Waals surface area contributed by atoms with E-state index in [0.717, 1.165) is 5.54 Å². The van der Waals surface area contributed by atoms with Gasteiger partial charge in [0.1, 0.15) is 8.24 Å². The molecule has 1 fully saturated rings. The summed E-state index contributed by atoms with van der Waals surface area (Å²) in [6, 6.07) is 9.81. The molecule has 2 heteroatoms. The maximum atomic E-state index is 3.01. The monoisotopic (exact) mass is 786 g/mol. The van der Waals surface area contributed by atoms with Crippen LogP contribution in [0.25, 0.3) is 5.57 Å². The van der Waals surface area contributed by atoms with E-state index in [1.54, 1.807) is 22.3 Å². The summed E-state index contributed by atoms with van der Waals surface area (Å²) in [6.07, 6.45) is 45.6. The number of nitrogens with zero attached hydrogens (tertiary/aromatic N) is 1. The van der Waals surface area contributed by atoms with Gasteiger partial charge in [-0.3, -0.25) is 0 Å². The predicted molar refractivity (Wildman–Crippen MR) is 254 cm³/mol. The van der Waals surface area contributed by atoms with Crippen molar-refractivity contribution in [1.82, 2.24) is 4.57 Å². The van der Waals surface area contributed by atoms with Crippen molar-refractivity contribution >= 4 is 13.8 Å². The molecule has 1 aromatic rings. The van der Waals surface area contributed by atoms with E-state index in [1.165, 1.54) is 180 Å². The van der Waals surface area contributed by atoms with Crippen LogP contribution in [0.5, 0.6) is 0 Å². The van der Waals surface area contributed by atoms with Crippen molar-refractivity contribution < 1.29 is 0 Å². The molecule has 1 saturated carbocycles. The molecular weight excluding hydrogens is 691 g/mol. The molecule has 0 aromatic heterocycles. The van der Waals surface area contributed by atoms with Crippen LogP contribution in [-0.2, 0) is 5.41 Å². The third-order valence-corrected chi connectivity index (χ3v) is 19.8. The number of allylic oxidation sites excluding steroid dienone is 4. The lowest BCUT2D eigenvalue weighted by Crippen LogP contribution is -2.67. The first-order valence-electron chi connectivity index (χ1n) is 25.1. The Morgan fingerprint density at radius 2 is 0.964 bits per heavy atom. The van der Waals surface area contributed by atoms with E-state index >= 15 is 0 Å². The maximum Gasteiger partial charge on any atom is 0.126 e. The van der Waals surface area contributed by atoms with E-state index in [0.29, 0.717) is 11.8 Å². The summed E-state index contributed by atoms with van der Waals surface area (Å²) < 4.78 is 3.01. The molecule has 0 radical (unpaired) electrons. The molecule has 0 bridgehead atoms. The Labute approximate surface area is 352 Å². The molecule has 3 unspecified atom stereocenters. The third-order valence-electron chi connectivity index (χ3n) is 14.8. The standard InChI is InChI=1S/C54H95NSi/c1-11-13-15-17-19-21-23-25-27-29-31-35-41-54(42-36-32-30-28-26-24-22-20-18-16-14-12-2)49-38-34-33-37-46(49)48-44-47-45(43-50(48)54)39-40-51(47)56(9,10)55(52(3,4)5)53(6,7)8/h33-34,37-38,43-45,47,51H,11-32,35-36,39-42H2,1-10H3. The SMILES string of the molecule is CCCCCCCCCCCCCCC1(CCCCCCCCCCCCCC)C2=CC3CCC([Si](C)(C)N(C(C)(C)C)C(C)(C)C)C3C=C2c2ccccc21. The maximum absolute atomic E-state index is 3.01. The fourth-order valence-corrected chi connectivity index (χ4v) is 18.9. The first-order valence-corrected chi connectivity index (χ1v) is 28.2. The number of benzene rings is 1. The third kappa shape index (κ3) is 12.9.